The molecule has 2 aromatic carbocycles. The van der Waals surface area contributed by atoms with Gasteiger partial charge in [-0.1, -0.05) is 30.3 Å². The number of nitrogens with zero attached hydrogens (tertiary/aromatic N) is 2. The van der Waals surface area contributed by atoms with Crippen LogP contribution in [0.25, 0.3) is 0 Å². The van der Waals surface area contributed by atoms with Gasteiger partial charge in [0, 0.05) is 12.1 Å². The van der Waals surface area contributed by atoms with E-state index in [-0.39, 0.29) is 23.7 Å². The van der Waals surface area contributed by atoms with Crippen LogP contribution in [0, 0.1) is 10.1 Å². The molecule has 0 bridgehead atoms. The van der Waals surface area contributed by atoms with Gasteiger partial charge in [-0.3, -0.25) is 19.8 Å². The molecule has 2 aromatic rings. The number of hydrogen-bond acceptors (Lipinski definition) is 8. The lowest BCUT2D eigenvalue weighted by Crippen LogP contribution is -2.56. The molecular weight excluding hydrogens is 456 g/mol. The quantitative estimate of drug-likeness (QED) is 0.332. The fraction of sp³-hybridized carbons (Fsp3) is 0.417. The third-order valence-corrected chi connectivity index (χ3v) is 6.38. The van der Waals surface area contributed by atoms with Crippen molar-refractivity contribution < 1.29 is 29.1 Å². The summed E-state index contributed by atoms with van der Waals surface area (Å²) < 4.78 is 11.2. The Kier molecular flexibility index (Phi) is 6.53. The monoisotopic (exact) mass is 484 g/mol. The second-order valence-corrected chi connectivity index (χ2v) is 9.23. The molecule has 0 aromatic heterocycles. The summed E-state index contributed by atoms with van der Waals surface area (Å²) in [5, 5.41) is 25.1. The highest BCUT2D eigenvalue weighted by Crippen LogP contribution is 2.43. The first-order valence-electron chi connectivity index (χ1n) is 11.3. The van der Waals surface area contributed by atoms with Gasteiger partial charge in [-0.15, -0.1) is 0 Å². The van der Waals surface area contributed by atoms with Crippen molar-refractivity contribution in [3.63, 3.8) is 0 Å². The molecule has 35 heavy (non-hydrogen) atoms. The van der Waals surface area contributed by atoms with Crippen molar-refractivity contribution in [2.24, 2.45) is 0 Å². The lowest BCUT2D eigenvalue weighted by molar-refractivity contribution is -0.384. The van der Waals surface area contributed by atoms with Gasteiger partial charge in [0.05, 0.1) is 17.0 Å². The van der Waals surface area contributed by atoms with Crippen LogP contribution in [0.4, 0.5) is 16.2 Å². The number of ether oxygens (including phenoxy) is 2. The van der Waals surface area contributed by atoms with Gasteiger partial charge in [-0.05, 0) is 38.3 Å². The van der Waals surface area contributed by atoms with Crippen molar-refractivity contribution in [3.05, 3.63) is 63.7 Å². The largest absolute Gasteiger partial charge is 0.484 e. The zero-order valence-electron chi connectivity index (χ0n) is 19.5. The van der Waals surface area contributed by atoms with E-state index in [9.17, 15) is 24.8 Å². The van der Waals surface area contributed by atoms with E-state index in [1.165, 1.54) is 17.0 Å². The van der Waals surface area contributed by atoms with E-state index in [0.29, 0.717) is 24.9 Å². The van der Waals surface area contributed by atoms with Gasteiger partial charge in [0.15, 0.2) is 0 Å². The van der Waals surface area contributed by atoms with Crippen molar-refractivity contribution in [1.82, 2.24) is 10.2 Å². The third kappa shape index (κ3) is 4.85. The van der Waals surface area contributed by atoms with E-state index in [1.807, 2.05) is 30.3 Å². The number of nitrogens with one attached hydrogen (secondary N) is 1. The minimum Gasteiger partial charge on any atom is -0.484 e. The first kappa shape index (κ1) is 24.3. The Hall–Kier alpha value is -3.86. The number of nitro benzene ring substituents is 1. The SMILES string of the molecule is CC1(C)Oc2cc([N+](=O)[O-])c(N)cc2C(NC(=O)C2CCCN2C(=O)OCc2ccccc2)C1O. The van der Waals surface area contributed by atoms with Crippen LogP contribution in [0.1, 0.15) is 43.9 Å². The summed E-state index contributed by atoms with van der Waals surface area (Å²) in [6.45, 7) is 3.68. The summed E-state index contributed by atoms with van der Waals surface area (Å²) in [7, 11) is 0. The van der Waals surface area contributed by atoms with E-state index in [4.69, 9.17) is 15.2 Å². The van der Waals surface area contributed by atoms with Crippen LogP contribution in [0.3, 0.4) is 0 Å². The topological polar surface area (TPSA) is 157 Å². The van der Waals surface area contributed by atoms with E-state index < -0.39 is 40.7 Å². The maximum absolute atomic E-state index is 13.3. The van der Waals surface area contributed by atoms with Gasteiger partial charge < -0.3 is 25.6 Å². The zero-order valence-corrected chi connectivity index (χ0v) is 19.5. The molecule has 2 aliphatic heterocycles. The molecule has 11 nitrogen and oxygen atoms in total. The Morgan fingerprint density at radius 3 is 2.71 bits per heavy atom. The number of nitro groups is 1. The van der Waals surface area contributed by atoms with E-state index >= 15 is 0 Å². The second-order valence-electron chi connectivity index (χ2n) is 9.23. The molecule has 4 N–H and O–H groups in total. The van der Waals surface area contributed by atoms with Crippen LogP contribution in [0.2, 0.25) is 0 Å². The first-order chi connectivity index (χ1) is 16.6. The summed E-state index contributed by atoms with van der Waals surface area (Å²) in [5.41, 5.74) is 5.41. The number of nitrogens with two attached hydrogens (primary N) is 1. The predicted molar refractivity (Wildman–Crippen MR) is 125 cm³/mol. The summed E-state index contributed by atoms with van der Waals surface area (Å²) in [5.74, 6) is -0.319. The average molecular weight is 485 g/mol. The van der Waals surface area contributed by atoms with Crippen LogP contribution in [0.5, 0.6) is 5.75 Å². The highest BCUT2D eigenvalue weighted by atomic mass is 16.6. The predicted octanol–water partition coefficient (Wildman–Crippen LogP) is 2.67. The standard InChI is InChI=1S/C24H28N4O7/c1-24(2)21(29)20(15-11-16(25)18(28(32)33)12-19(15)35-24)26-22(30)17-9-6-10-27(17)23(31)34-13-14-7-4-3-5-8-14/h3-5,7-8,11-12,17,20-21,29H,6,9-10,13,25H2,1-2H3,(H,26,30). The Labute approximate surface area is 202 Å². The van der Waals surface area contributed by atoms with Gasteiger partial charge in [0.25, 0.3) is 5.69 Å². The molecule has 1 saturated heterocycles. The lowest BCUT2D eigenvalue weighted by atomic mass is 9.86. The van der Waals surface area contributed by atoms with Crippen LogP contribution in [-0.2, 0) is 16.1 Å². The average Bonchev–Trinajstić information content (AvgIpc) is 3.31. The second kappa shape index (κ2) is 9.41. The Balaban J connectivity index is 1.52. The van der Waals surface area contributed by atoms with Crippen LogP contribution in [0.15, 0.2) is 42.5 Å². The molecule has 0 radical (unpaired) electrons. The molecule has 186 valence electrons. The number of anilines is 1. The van der Waals surface area contributed by atoms with E-state index in [2.05, 4.69) is 5.32 Å². The van der Waals surface area contributed by atoms with E-state index in [0.717, 1.165) is 5.56 Å². The van der Waals surface area contributed by atoms with Crippen LogP contribution < -0.4 is 15.8 Å². The van der Waals surface area contributed by atoms with Crippen molar-refractivity contribution in [1.29, 1.82) is 0 Å². The van der Waals surface area contributed by atoms with Gasteiger partial charge in [0.1, 0.15) is 35.8 Å². The fourth-order valence-electron chi connectivity index (χ4n) is 4.47. The number of aliphatic hydroxyl groups excluding tert-OH is 1. The molecule has 3 atom stereocenters. The number of likely N-dealkylation sites (tertiary alicyclic amines) is 1. The minimum atomic E-state index is -1.18. The number of rotatable bonds is 5. The Morgan fingerprint density at radius 2 is 2.03 bits per heavy atom. The number of carbonyl (C=O) groups is 2. The summed E-state index contributed by atoms with van der Waals surface area (Å²) >= 11 is 0. The number of hydrogen-bond donors (Lipinski definition) is 3. The number of benzene rings is 2. The van der Waals surface area contributed by atoms with Gasteiger partial charge >= 0.3 is 6.09 Å². The van der Waals surface area contributed by atoms with Gasteiger partial charge in [-0.25, -0.2) is 4.79 Å². The number of carbonyl (C=O) groups excluding carboxylic acids is 2. The molecule has 1 fully saturated rings. The fourth-order valence-corrected chi connectivity index (χ4v) is 4.47. The summed E-state index contributed by atoms with van der Waals surface area (Å²) in [6.07, 6.45) is -0.723. The zero-order chi connectivity index (χ0) is 25.3. The first-order valence-corrected chi connectivity index (χ1v) is 11.3. The molecular formula is C24H28N4O7. The highest BCUT2D eigenvalue weighted by molar-refractivity contribution is 5.87. The van der Waals surface area contributed by atoms with E-state index in [1.54, 1.807) is 13.8 Å². The summed E-state index contributed by atoms with van der Waals surface area (Å²) in [6, 6.07) is 10.0. The van der Waals surface area contributed by atoms with Crippen molar-refractivity contribution in [2.45, 2.75) is 57.1 Å². The lowest BCUT2D eigenvalue weighted by Gasteiger charge is -2.42. The summed E-state index contributed by atoms with van der Waals surface area (Å²) in [4.78, 5) is 38.1. The van der Waals surface area contributed by atoms with Crippen molar-refractivity contribution in [3.8, 4) is 5.75 Å². The normalized spacial score (nSPS) is 22.6. The maximum Gasteiger partial charge on any atom is 0.410 e. The number of aliphatic hydroxyl groups is 1. The smallest absolute Gasteiger partial charge is 0.410 e. The minimum absolute atomic E-state index is 0.0861. The maximum atomic E-state index is 13.3. The molecule has 0 aliphatic carbocycles. The molecule has 11 heteroatoms. The van der Waals surface area contributed by atoms with Gasteiger partial charge in [0.2, 0.25) is 5.91 Å². The molecule has 4 rings (SSSR count). The molecule has 2 amide bonds. The third-order valence-electron chi connectivity index (χ3n) is 6.38. The van der Waals surface area contributed by atoms with Crippen molar-refractivity contribution in [2.75, 3.05) is 12.3 Å². The molecule has 0 saturated carbocycles. The number of fused-ring (bicyclic) bond motifs is 1. The molecule has 3 unspecified atom stereocenters. The van der Waals surface area contributed by atoms with Gasteiger partial charge in [-0.2, -0.15) is 0 Å². The number of amides is 2. The Morgan fingerprint density at radius 1 is 1.31 bits per heavy atom. The molecule has 2 heterocycles. The number of nitrogen functional groups attached to an aromatic ring is 1. The van der Waals surface area contributed by atoms with Crippen LogP contribution in [-0.4, -0.2) is 51.2 Å². The molecule has 2 aliphatic rings. The van der Waals surface area contributed by atoms with Crippen molar-refractivity contribution >= 4 is 23.4 Å². The molecule has 0 spiro atoms. The van der Waals surface area contributed by atoms with Crippen LogP contribution >= 0.6 is 0 Å². The Bertz CT molecular complexity index is 1140. The highest BCUT2D eigenvalue weighted by Gasteiger charge is 2.46.